The Hall–Kier alpha value is -0.270. The van der Waals surface area contributed by atoms with E-state index in [2.05, 4.69) is 11.4 Å². The molecule has 0 bridgehead atoms. The molecule has 0 spiro atoms. The maximum absolute atomic E-state index is 10.8. The van der Waals surface area contributed by atoms with Crippen molar-refractivity contribution in [1.82, 2.24) is 0 Å². The molecule has 0 aliphatic heterocycles. The number of unbranched alkanes of at least 4 members (excludes halogenated alkanes) is 4. The van der Waals surface area contributed by atoms with E-state index in [4.69, 9.17) is 29.0 Å². The van der Waals surface area contributed by atoms with Gasteiger partial charge in [0.2, 0.25) is 0 Å². The van der Waals surface area contributed by atoms with Crippen molar-refractivity contribution in [2.45, 2.75) is 45.4 Å². The molecule has 11 heteroatoms. The number of hydrogen-bond acceptors (Lipinski definition) is 4. The van der Waals surface area contributed by atoms with Gasteiger partial charge in [-0.2, -0.15) is 0 Å². The highest BCUT2D eigenvalue weighted by atomic mass is 31.2. The third-order valence-corrected chi connectivity index (χ3v) is 2.15. The van der Waals surface area contributed by atoms with Crippen LogP contribution in [-0.2, 0) is 18.4 Å². The molecule has 0 fully saturated rings. The molecule has 0 aromatic carbocycles. The van der Waals surface area contributed by atoms with Gasteiger partial charge in [-0.15, -0.1) is 0 Å². The van der Waals surface area contributed by atoms with Crippen molar-refractivity contribution in [1.29, 1.82) is 0 Å². The number of rotatable bonds is 7. The third-order valence-electron chi connectivity index (χ3n) is 1.71. The van der Waals surface area contributed by atoms with Gasteiger partial charge in [0.1, 0.15) is 0 Å². The van der Waals surface area contributed by atoms with E-state index in [1.54, 1.807) is 0 Å². The molecule has 0 amide bonds. The summed E-state index contributed by atoms with van der Waals surface area (Å²) in [5.74, 6) is -0.824. The van der Waals surface area contributed by atoms with E-state index < -0.39 is 21.6 Å². The van der Waals surface area contributed by atoms with Crippen LogP contribution in [0, 0.1) is 0 Å². The molecule has 0 unspecified atom stereocenters. The first-order chi connectivity index (χ1) is 8.45. The minimum Gasteiger partial charge on any atom is -0.371 e. The lowest BCUT2D eigenvalue weighted by Crippen LogP contribution is -2.01. The predicted octanol–water partition coefficient (Wildman–Crippen LogP) is 1.05. The van der Waals surface area contributed by atoms with Crippen LogP contribution in [-0.4, -0.2) is 30.4 Å². The summed E-state index contributed by atoms with van der Waals surface area (Å²) in [5, 5.41) is 0. The van der Waals surface area contributed by atoms with Crippen LogP contribution >= 0.6 is 15.6 Å². The molecule has 9 nitrogen and oxygen atoms in total. The number of carbonyl (C=O) groups is 1. The zero-order chi connectivity index (χ0) is 15.5. The Morgan fingerprint density at radius 3 is 1.74 bits per heavy atom. The Morgan fingerprint density at radius 2 is 1.37 bits per heavy atom. The van der Waals surface area contributed by atoms with Gasteiger partial charge in [0.25, 0.3) is 0 Å². The minimum absolute atomic E-state index is 0.0782. The molecule has 0 aromatic rings. The highest BCUT2D eigenvalue weighted by molar-refractivity contribution is 7.46. The van der Waals surface area contributed by atoms with Crippen molar-refractivity contribution >= 4 is 21.6 Å². The molecular formula is C8H20O9P2. The van der Waals surface area contributed by atoms with Gasteiger partial charge in [0.05, 0.1) is 0 Å². The zero-order valence-electron chi connectivity index (χ0n) is 10.5. The summed E-state index contributed by atoms with van der Waals surface area (Å²) in [6.45, 7) is 2.09. The van der Waals surface area contributed by atoms with Gasteiger partial charge in [0, 0.05) is 6.42 Å². The molecule has 0 aliphatic rings. The fourth-order valence-electron chi connectivity index (χ4n) is 1.05. The van der Waals surface area contributed by atoms with Crippen molar-refractivity contribution < 1.29 is 42.9 Å². The Bertz CT molecular complexity index is 323. The highest BCUT2D eigenvalue weighted by Crippen LogP contribution is 2.36. The van der Waals surface area contributed by atoms with Gasteiger partial charge < -0.3 is 19.2 Å². The van der Waals surface area contributed by atoms with E-state index in [0.717, 1.165) is 25.7 Å². The van der Waals surface area contributed by atoms with Gasteiger partial charge >= 0.3 is 21.6 Å². The Balaban J connectivity index is 0. The van der Waals surface area contributed by atoms with E-state index >= 15 is 0 Å². The molecule has 0 aromatic heterocycles. The van der Waals surface area contributed by atoms with Crippen LogP contribution in [0.2, 0.25) is 0 Å². The third kappa shape index (κ3) is 31.9. The van der Waals surface area contributed by atoms with Crippen LogP contribution in [0.4, 0.5) is 0 Å². The number of carbonyl (C=O) groups excluding carboxylic acids is 1. The lowest BCUT2D eigenvalue weighted by Gasteiger charge is -2.04. The summed E-state index contributed by atoms with van der Waals surface area (Å²) in [7, 11) is -9.27. The van der Waals surface area contributed by atoms with E-state index in [0.29, 0.717) is 6.42 Å². The number of phosphoric acid groups is 2. The van der Waals surface area contributed by atoms with Crippen LogP contribution < -0.4 is 0 Å². The first-order valence-corrected chi connectivity index (χ1v) is 8.61. The second kappa shape index (κ2) is 10.5. The molecular weight excluding hydrogens is 302 g/mol. The lowest BCUT2D eigenvalue weighted by atomic mass is 10.1. The maximum atomic E-state index is 10.8. The van der Waals surface area contributed by atoms with Gasteiger partial charge in [-0.05, 0) is 6.42 Å². The van der Waals surface area contributed by atoms with Gasteiger partial charge in [-0.1, -0.05) is 32.6 Å². The topological polar surface area (TPSA) is 162 Å². The molecule has 0 heterocycles. The van der Waals surface area contributed by atoms with Crippen molar-refractivity contribution in [2.75, 3.05) is 0 Å². The smallest absolute Gasteiger partial charge is 0.371 e. The van der Waals surface area contributed by atoms with Crippen molar-refractivity contribution in [3.63, 3.8) is 0 Å². The molecule has 0 saturated carbocycles. The largest absolute Gasteiger partial charge is 0.526 e. The monoisotopic (exact) mass is 322 g/mol. The van der Waals surface area contributed by atoms with Crippen molar-refractivity contribution in [3.05, 3.63) is 0 Å². The summed E-state index contributed by atoms with van der Waals surface area (Å²) in [6, 6.07) is 0. The summed E-state index contributed by atoms with van der Waals surface area (Å²) in [6.07, 6.45) is 4.87. The first-order valence-electron chi connectivity index (χ1n) is 5.52. The van der Waals surface area contributed by atoms with Crippen molar-refractivity contribution in [3.8, 4) is 0 Å². The van der Waals surface area contributed by atoms with Crippen LogP contribution in [0.3, 0.4) is 0 Å². The van der Waals surface area contributed by atoms with Crippen LogP contribution in [0.15, 0.2) is 0 Å². The number of hydrogen-bond donors (Lipinski definition) is 5. The SMILES string of the molecule is CCCCCCCC(=O)OP(=O)(O)O.O=P(O)(O)O. The molecule has 0 aliphatic carbocycles. The Labute approximate surface area is 111 Å². The molecule has 5 N–H and O–H groups in total. The maximum Gasteiger partial charge on any atom is 0.526 e. The normalized spacial score (nSPS) is 11.5. The molecule has 0 saturated heterocycles. The van der Waals surface area contributed by atoms with E-state index in [9.17, 15) is 9.36 Å². The van der Waals surface area contributed by atoms with Gasteiger partial charge in [-0.3, -0.25) is 14.6 Å². The second-order valence-electron chi connectivity index (χ2n) is 3.63. The predicted molar refractivity (Wildman–Crippen MR) is 65.8 cm³/mol. The zero-order valence-corrected chi connectivity index (χ0v) is 12.3. The highest BCUT2D eigenvalue weighted by Gasteiger charge is 2.19. The first kappa shape index (κ1) is 21.0. The standard InChI is InChI=1S/C8H17O5P.H3O4P/c1-2-3-4-5-6-7-8(9)13-14(10,11)12;1-5(2,3)4/h2-7H2,1H3,(H2,10,11,12);(H3,1,2,3,4). The second-order valence-corrected chi connectivity index (χ2v) is 5.82. The summed E-state index contributed by atoms with van der Waals surface area (Å²) >= 11 is 0. The van der Waals surface area contributed by atoms with Crippen LogP contribution in [0.25, 0.3) is 0 Å². The molecule has 116 valence electrons. The van der Waals surface area contributed by atoms with Crippen molar-refractivity contribution in [2.24, 2.45) is 0 Å². The average Bonchev–Trinajstić information content (AvgIpc) is 2.11. The summed E-state index contributed by atoms with van der Waals surface area (Å²) in [4.78, 5) is 48.9. The fourth-order valence-corrected chi connectivity index (χ4v) is 1.41. The summed E-state index contributed by atoms with van der Waals surface area (Å²) < 4.78 is 23.0. The minimum atomic E-state index is -4.64. The Kier molecular flexibility index (Phi) is 11.6. The quantitative estimate of drug-likeness (QED) is 0.340. The fraction of sp³-hybridized carbons (Fsp3) is 0.875. The lowest BCUT2D eigenvalue weighted by molar-refractivity contribution is -0.135. The van der Waals surface area contributed by atoms with E-state index in [1.165, 1.54) is 0 Å². The van der Waals surface area contributed by atoms with E-state index in [-0.39, 0.29) is 6.42 Å². The molecule has 0 rings (SSSR count). The van der Waals surface area contributed by atoms with Gasteiger partial charge in [0.15, 0.2) is 0 Å². The Morgan fingerprint density at radius 1 is 0.947 bits per heavy atom. The van der Waals surface area contributed by atoms with Gasteiger partial charge in [-0.25, -0.2) is 9.13 Å². The molecule has 19 heavy (non-hydrogen) atoms. The summed E-state index contributed by atoms with van der Waals surface area (Å²) in [5.41, 5.74) is 0. The molecule has 0 atom stereocenters. The average molecular weight is 322 g/mol. The molecule has 0 radical (unpaired) electrons. The van der Waals surface area contributed by atoms with E-state index in [1.807, 2.05) is 0 Å². The number of phosphoric ester groups is 1. The van der Waals surface area contributed by atoms with Crippen LogP contribution in [0.1, 0.15) is 45.4 Å². The van der Waals surface area contributed by atoms with Crippen LogP contribution in [0.5, 0.6) is 0 Å².